The van der Waals surface area contributed by atoms with Crippen LogP contribution in [0.3, 0.4) is 0 Å². The van der Waals surface area contributed by atoms with Gasteiger partial charge in [0, 0.05) is 32.5 Å². The van der Waals surface area contributed by atoms with E-state index in [4.69, 9.17) is 0 Å². The number of β-amino-alcohol motifs (C(OH)–C–C–N with tert-alkyl or cyclic N) is 1. The number of hydrogen-bond acceptors (Lipinski definition) is 7. The normalized spacial score (nSPS) is 19.1. The molecule has 1 unspecified atom stereocenters. The summed E-state index contributed by atoms with van der Waals surface area (Å²) in [6.45, 7) is 1.38. The quantitative estimate of drug-likeness (QED) is 0.818. The fourth-order valence-electron chi connectivity index (χ4n) is 2.23. The third-order valence-electron chi connectivity index (χ3n) is 3.22. The highest BCUT2D eigenvalue weighted by molar-refractivity contribution is 5.40. The number of nitrogens with one attached hydrogen (secondary N) is 1. The van der Waals surface area contributed by atoms with Crippen LogP contribution in [0.4, 0.5) is 11.9 Å². The molecule has 3 heterocycles. The molecular formula is C12H17N7O. The highest BCUT2D eigenvalue weighted by Gasteiger charge is 2.21. The Hall–Kier alpha value is -2.22. The fraction of sp³-hybridized carbons (Fsp3) is 0.500. The molecule has 2 aromatic heterocycles. The van der Waals surface area contributed by atoms with Crippen LogP contribution in [0.25, 0.3) is 5.95 Å². The second-order valence-electron chi connectivity index (χ2n) is 4.70. The number of aliphatic hydroxyl groups excluding tert-OH is 1. The van der Waals surface area contributed by atoms with Gasteiger partial charge in [-0.2, -0.15) is 20.1 Å². The van der Waals surface area contributed by atoms with Crippen molar-refractivity contribution in [3.63, 3.8) is 0 Å². The molecule has 8 heteroatoms. The van der Waals surface area contributed by atoms with Crippen molar-refractivity contribution in [2.45, 2.75) is 18.9 Å². The predicted octanol–water partition coefficient (Wildman–Crippen LogP) is 0.0601. The van der Waals surface area contributed by atoms with Crippen LogP contribution in [0.2, 0.25) is 0 Å². The number of rotatable bonds is 3. The molecule has 1 aliphatic heterocycles. The second-order valence-corrected chi connectivity index (χ2v) is 4.70. The summed E-state index contributed by atoms with van der Waals surface area (Å²) in [7, 11) is 1.76. The van der Waals surface area contributed by atoms with Gasteiger partial charge in [-0.1, -0.05) is 0 Å². The van der Waals surface area contributed by atoms with E-state index in [1.54, 1.807) is 24.1 Å². The molecule has 0 spiro atoms. The summed E-state index contributed by atoms with van der Waals surface area (Å²) < 4.78 is 1.59. The third kappa shape index (κ3) is 2.55. The van der Waals surface area contributed by atoms with Crippen LogP contribution in [-0.4, -0.2) is 56.1 Å². The highest BCUT2D eigenvalue weighted by Crippen LogP contribution is 2.18. The number of aromatic nitrogens is 5. The second kappa shape index (κ2) is 5.41. The first-order chi connectivity index (χ1) is 9.76. The molecule has 0 aromatic carbocycles. The Morgan fingerprint density at radius 3 is 2.85 bits per heavy atom. The molecule has 0 radical (unpaired) electrons. The first-order valence-corrected chi connectivity index (χ1v) is 6.63. The van der Waals surface area contributed by atoms with Crippen molar-refractivity contribution in [3.05, 3.63) is 18.5 Å². The van der Waals surface area contributed by atoms with Gasteiger partial charge in [-0.05, 0) is 18.9 Å². The lowest BCUT2D eigenvalue weighted by molar-refractivity contribution is 0.153. The number of nitrogens with zero attached hydrogens (tertiary/aromatic N) is 6. The maximum atomic E-state index is 9.77. The van der Waals surface area contributed by atoms with Gasteiger partial charge in [0.25, 0.3) is 5.95 Å². The van der Waals surface area contributed by atoms with Gasteiger partial charge in [0.1, 0.15) is 0 Å². The summed E-state index contributed by atoms with van der Waals surface area (Å²) in [5.74, 6) is 1.51. The average Bonchev–Trinajstić information content (AvgIpc) is 3.01. The van der Waals surface area contributed by atoms with Crippen molar-refractivity contribution in [1.29, 1.82) is 0 Å². The summed E-state index contributed by atoms with van der Waals surface area (Å²) in [5.41, 5.74) is 0. The Bertz CT molecular complexity index is 571. The van der Waals surface area contributed by atoms with Gasteiger partial charge in [0.05, 0.1) is 6.10 Å². The zero-order valence-electron chi connectivity index (χ0n) is 11.3. The molecule has 1 fully saturated rings. The largest absolute Gasteiger partial charge is 0.391 e. The van der Waals surface area contributed by atoms with E-state index in [2.05, 4.69) is 25.4 Å². The van der Waals surface area contributed by atoms with E-state index < -0.39 is 0 Å². The van der Waals surface area contributed by atoms with E-state index in [0.717, 1.165) is 19.4 Å². The Kier molecular flexibility index (Phi) is 3.46. The van der Waals surface area contributed by atoms with Crippen molar-refractivity contribution < 1.29 is 5.11 Å². The smallest absolute Gasteiger partial charge is 0.257 e. The van der Waals surface area contributed by atoms with Gasteiger partial charge in [-0.25, -0.2) is 4.68 Å². The lowest BCUT2D eigenvalue weighted by Crippen LogP contribution is -2.39. The first-order valence-electron chi connectivity index (χ1n) is 6.63. The van der Waals surface area contributed by atoms with Crippen LogP contribution >= 0.6 is 0 Å². The summed E-state index contributed by atoms with van der Waals surface area (Å²) >= 11 is 0. The highest BCUT2D eigenvalue weighted by atomic mass is 16.3. The Balaban J connectivity index is 1.96. The van der Waals surface area contributed by atoms with E-state index >= 15 is 0 Å². The topological polar surface area (TPSA) is 92.0 Å². The maximum Gasteiger partial charge on any atom is 0.257 e. The van der Waals surface area contributed by atoms with Gasteiger partial charge < -0.3 is 15.3 Å². The summed E-state index contributed by atoms with van der Waals surface area (Å²) in [5, 5.41) is 16.8. The molecule has 1 atom stereocenters. The molecule has 106 valence electrons. The Morgan fingerprint density at radius 1 is 1.30 bits per heavy atom. The predicted molar refractivity (Wildman–Crippen MR) is 73.9 cm³/mol. The van der Waals surface area contributed by atoms with Gasteiger partial charge in [-0.15, -0.1) is 0 Å². The first kappa shape index (κ1) is 12.8. The molecule has 1 saturated heterocycles. The van der Waals surface area contributed by atoms with E-state index in [0.29, 0.717) is 24.4 Å². The minimum absolute atomic E-state index is 0.327. The lowest BCUT2D eigenvalue weighted by atomic mass is 10.1. The van der Waals surface area contributed by atoms with E-state index in [-0.39, 0.29) is 6.10 Å². The van der Waals surface area contributed by atoms with Crippen molar-refractivity contribution in [1.82, 2.24) is 24.7 Å². The van der Waals surface area contributed by atoms with E-state index in [1.165, 1.54) is 0 Å². The van der Waals surface area contributed by atoms with E-state index in [9.17, 15) is 5.11 Å². The molecule has 2 aromatic rings. The van der Waals surface area contributed by atoms with Crippen LogP contribution in [-0.2, 0) is 0 Å². The van der Waals surface area contributed by atoms with Crippen LogP contribution in [0.5, 0.6) is 0 Å². The lowest BCUT2D eigenvalue weighted by Gasteiger charge is -2.30. The minimum Gasteiger partial charge on any atom is -0.391 e. The summed E-state index contributed by atoms with van der Waals surface area (Å²) in [6.07, 6.45) is 4.88. The minimum atomic E-state index is -0.327. The molecule has 0 amide bonds. The molecule has 3 rings (SSSR count). The van der Waals surface area contributed by atoms with Crippen LogP contribution in [0.15, 0.2) is 18.5 Å². The third-order valence-corrected chi connectivity index (χ3v) is 3.22. The number of aliphatic hydroxyl groups is 1. The molecule has 8 nitrogen and oxygen atoms in total. The van der Waals surface area contributed by atoms with Crippen molar-refractivity contribution >= 4 is 11.9 Å². The number of piperidine rings is 1. The van der Waals surface area contributed by atoms with Gasteiger partial charge in [0.15, 0.2) is 0 Å². The zero-order chi connectivity index (χ0) is 13.9. The zero-order valence-corrected chi connectivity index (χ0v) is 11.3. The Labute approximate surface area is 116 Å². The van der Waals surface area contributed by atoms with Crippen molar-refractivity contribution in [2.75, 3.05) is 30.4 Å². The van der Waals surface area contributed by atoms with Crippen molar-refractivity contribution in [3.8, 4) is 5.95 Å². The summed E-state index contributed by atoms with van der Waals surface area (Å²) in [6, 6.07) is 1.81. The molecule has 0 aliphatic carbocycles. The van der Waals surface area contributed by atoms with Gasteiger partial charge in [0.2, 0.25) is 11.9 Å². The number of anilines is 2. The molecule has 0 saturated carbocycles. The van der Waals surface area contributed by atoms with Crippen LogP contribution in [0.1, 0.15) is 12.8 Å². The summed E-state index contributed by atoms with van der Waals surface area (Å²) in [4.78, 5) is 15.1. The van der Waals surface area contributed by atoms with Crippen LogP contribution < -0.4 is 10.2 Å². The van der Waals surface area contributed by atoms with Crippen molar-refractivity contribution in [2.24, 2.45) is 0 Å². The molecule has 1 aliphatic rings. The molecule has 2 N–H and O–H groups in total. The molecule has 0 bridgehead atoms. The SMILES string of the molecule is CNc1nc(N2CCCC(O)C2)nc(-n2cccn2)n1. The number of hydrogen-bond donors (Lipinski definition) is 2. The molecular weight excluding hydrogens is 258 g/mol. The monoisotopic (exact) mass is 275 g/mol. The van der Waals surface area contributed by atoms with Gasteiger partial charge in [-0.3, -0.25) is 0 Å². The molecule has 20 heavy (non-hydrogen) atoms. The fourth-order valence-corrected chi connectivity index (χ4v) is 2.23. The average molecular weight is 275 g/mol. The maximum absolute atomic E-state index is 9.77. The van der Waals surface area contributed by atoms with Crippen LogP contribution in [0, 0.1) is 0 Å². The van der Waals surface area contributed by atoms with E-state index in [1.807, 2.05) is 11.0 Å². The standard InChI is InChI=1S/C12H17N7O/c1-13-10-15-11(18-6-2-4-9(20)8-18)17-12(16-10)19-7-3-5-14-19/h3,5,7,9,20H,2,4,6,8H2,1H3,(H,13,15,16,17). The Morgan fingerprint density at radius 2 is 2.15 bits per heavy atom. The van der Waals surface area contributed by atoms with Gasteiger partial charge >= 0.3 is 0 Å².